The lowest BCUT2D eigenvalue weighted by Gasteiger charge is -2.25. The number of rotatable bonds is 8. The Morgan fingerprint density at radius 1 is 1.21 bits per heavy atom. The van der Waals surface area contributed by atoms with Gasteiger partial charge >= 0.3 is 0 Å². The number of nitrogens with zero attached hydrogens (tertiary/aromatic N) is 1. The molecule has 0 unspecified atom stereocenters. The van der Waals surface area contributed by atoms with Gasteiger partial charge in [0.15, 0.2) is 0 Å². The first kappa shape index (κ1) is 13.8. The highest BCUT2D eigenvalue weighted by Gasteiger charge is 2.30. The number of halogens is 2. The van der Waals surface area contributed by atoms with E-state index in [0.717, 1.165) is 13.0 Å². The van der Waals surface area contributed by atoms with Gasteiger partial charge in [0.05, 0.1) is 13.1 Å². The summed E-state index contributed by atoms with van der Waals surface area (Å²) in [7, 11) is 0. The molecule has 1 N–H and O–H groups in total. The standard InChI is InChI=1S/C10H22F2N2/c1-4-7-14(6-3)9-10(11,12)8-13-5-2/h13H,4-9H2,1-3H3. The van der Waals surface area contributed by atoms with Gasteiger partial charge in [-0.2, -0.15) is 0 Å². The second-order valence-corrected chi connectivity index (χ2v) is 3.51. The summed E-state index contributed by atoms with van der Waals surface area (Å²) in [5.41, 5.74) is 0. The largest absolute Gasteiger partial charge is 0.311 e. The SMILES string of the molecule is CCCN(CC)CC(F)(F)CNCC. The maximum atomic E-state index is 13.3. The first-order valence-corrected chi connectivity index (χ1v) is 5.36. The van der Waals surface area contributed by atoms with E-state index in [0.29, 0.717) is 13.1 Å². The maximum Gasteiger partial charge on any atom is 0.272 e. The van der Waals surface area contributed by atoms with Crippen LogP contribution < -0.4 is 5.32 Å². The van der Waals surface area contributed by atoms with Crippen LogP contribution in [0.3, 0.4) is 0 Å². The zero-order valence-electron chi connectivity index (χ0n) is 9.45. The molecule has 0 atom stereocenters. The van der Waals surface area contributed by atoms with Crippen LogP contribution in [-0.2, 0) is 0 Å². The normalized spacial score (nSPS) is 12.4. The molecule has 0 aromatic heterocycles. The molecule has 0 saturated heterocycles. The van der Waals surface area contributed by atoms with Crippen molar-refractivity contribution in [2.45, 2.75) is 33.1 Å². The molecule has 0 bridgehead atoms. The minimum Gasteiger partial charge on any atom is -0.311 e. The van der Waals surface area contributed by atoms with Crippen molar-refractivity contribution in [1.29, 1.82) is 0 Å². The van der Waals surface area contributed by atoms with E-state index in [1.807, 2.05) is 20.8 Å². The van der Waals surface area contributed by atoms with E-state index >= 15 is 0 Å². The van der Waals surface area contributed by atoms with Gasteiger partial charge in [-0.25, -0.2) is 8.78 Å². The Labute approximate surface area is 85.7 Å². The lowest BCUT2D eigenvalue weighted by molar-refractivity contribution is -0.0290. The second-order valence-electron chi connectivity index (χ2n) is 3.51. The Hall–Kier alpha value is -0.220. The summed E-state index contributed by atoms with van der Waals surface area (Å²) in [4.78, 5) is 1.79. The average molecular weight is 208 g/mol. The summed E-state index contributed by atoms with van der Waals surface area (Å²) >= 11 is 0. The molecule has 0 aliphatic heterocycles. The molecule has 0 rings (SSSR count). The molecule has 0 radical (unpaired) electrons. The fraction of sp³-hybridized carbons (Fsp3) is 1.00. The highest BCUT2D eigenvalue weighted by molar-refractivity contribution is 4.74. The smallest absolute Gasteiger partial charge is 0.272 e. The molecule has 0 saturated carbocycles. The minimum atomic E-state index is -2.61. The van der Waals surface area contributed by atoms with E-state index in [1.165, 1.54) is 0 Å². The third kappa shape index (κ3) is 6.27. The van der Waals surface area contributed by atoms with Gasteiger partial charge in [0.25, 0.3) is 5.92 Å². The minimum absolute atomic E-state index is 0.135. The van der Waals surface area contributed by atoms with Crippen LogP contribution in [0.4, 0.5) is 8.78 Å². The van der Waals surface area contributed by atoms with Gasteiger partial charge in [-0.05, 0) is 26.1 Å². The zero-order chi connectivity index (χ0) is 11.0. The van der Waals surface area contributed by atoms with Crippen LogP contribution in [0.25, 0.3) is 0 Å². The van der Waals surface area contributed by atoms with Crippen molar-refractivity contribution in [2.24, 2.45) is 0 Å². The first-order valence-electron chi connectivity index (χ1n) is 5.36. The lowest BCUT2D eigenvalue weighted by atomic mass is 10.3. The molecule has 0 aromatic rings. The van der Waals surface area contributed by atoms with Gasteiger partial charge in [0.1, 0.15) is 0 Å². The van der Waals surface area contributed by atoms with Crippen LogP contribution in [0, 0.1) is 0 Å². The predicted octanol–water partition coefficient (Wildman–Crippen LogP) is 1.96. The molecule has 4 heteroatoms. The topological polar surface area (TPSA) is 15.3 Å². The molecule has 0 aliphatic carbocycles. The first-order chi connectivity index (χ1) is 6.55. The lowest BCUT2D eigenvalue weighted by Crippen LogP contribution is -2.43. The quantitative estimate of drug-likeness (QED) is 0.656. The Kier molecular flexibility index (Phi) is 7.01. The summed E-state index contributed by atoms with van der Waals surface area (Å²) in [5, 5.41) is 2.68. The van der Waals surface area contributed by atoms with Gasteiger partial charge in [-0.15, -0.1) is 0 Å². The molecule has 14 heavy (non-hydrogen) atoms. The van der Waals surface area contributed by atoms with E-state index in [2.05, 4.69) is 5.32 Å². The van der Waals surface area contributed by atoms with Gasteiger partial charge in [0.2, 0.25) is 0 Å². The molecule has 0 heterocycles. The van der Waals surface area contributed by atoms with Crippen LogP contribution in [0.1, 0.15) is 27.2 Å². The van der Waals surface area contributed by atoms with Crippen LogP contribution in [0.15, 0.2) is 0 Å². The summed E-state index contributed by atoms with van der Waals surface area (Å²) in [6, 6.07) is 0. The highest BCUT2D eigenvalue weighted by atomic mass is 19.3. The van der Waals surface area contributed by atoms with Crippen molar-refractivity contribution in [1.82, 2.24) is 10.2 Å². The van der Waals surface area contributed by atoms with E-state index < -0.39 is 5.92 Å². The van der Waals surface area contributed by atoms with Crippen molar-refractivity contribution in [3.63, 3.8) is 0 Å². The van der Waals surface area contributed by atoms with Crippen LogP contribution in [0.5, 0.6) is 0 Å². The summed E-state index contributed by atoms with van der Waals surface area (Å²) in [6.45, 7) is 7.43. The highest BCUT2D eigenvalue weighted by Crippen LogP contribution is 2.14. The van der Waals surface area contributed by atoms with Crippen LogP contribution in [0.2, 0.25) is 0 Å². The Morgan fingerprint density at radius 3 is 2.29 bits per heavy atom. The summed E-state index contributed by atoms with van der Waals surface area (Å²) in [5.74, 6) is -2.61. The molecule has 0 fully saturated rings. The fourth-order valence-electron chi connectivity index (χ4n) is 1.36. The number of alkyl halides is 2. The third-order valence-corrected chi connectivity index (χ3v) is 2.08. The van der Waals surface area contributed by atoms with Crippen LogP contribution >= 0.6 is 0 Å². The van der Waals surface area contributed by atoms with Gasteiger partial charge < -0.3 is 5.32 Å². The van der Waals surface area contributed by atoms with Gasteiger partial charge in [0, 0.05) is 0 Å². The molecule has 0 aromatic carbocycles. The van der Waals surface area contributed by atoms with Crippen LogP contribution in [-0.4, -0.2) is 43.5 Å². The van der Waals surface area contributed by atoms with Crippen molar-refractivity contribution < 1.29 is 8.78 Å². The van der Waals surface area contributed by atoms with Crippen molar-refractivity contribution in [2.75, 3.05) is 32.7 Å². The molecule has 2 nitrogen and oxygen atoms in total. The van der Waals surface area contributed by atoms with Crippen molar-refractivity contribution in [3.05, 3.63) is 0 Å². The monoisotopic (exact) mass is 208 g/mol. The number of nitrogens with one attached hydrogen (secondary N) is 1. The molecular formula is C10H22F2N2. The van der Waals surface area contributed by atoms with E-state index in [1.54, 1.807) is 4.90 Å². The Bertz CT molecular complexity index is 140. The summed E-state index contributed by atoms with van der Waals surface area (Å²) in [6.07, 6.45) is 0.922. The van der Waals surface area contributed by atoms with Crippen molar-refractivity contribution in [3.8, 4) is 0 Å². The van der Waals surface area contributed by atoms with Crippen molar-refractivity contribution >= 4 is 0 Å². The van der Waals surface area contributed by atoms with E-state index in [9.17, 15) is 8.78 Å². The molecule has 86 valence electrons. The van der Waals surface area contributed by atoms with E-state index in [4.69, 9.17) is 0 Å². The zero-order valence-corrected chi connectivity index (χ0v) is 9.45. The molecular weight excluding hydrogens is 186 g/mol. The predicted molar refractivity (Wildman–Crippen MR) is 55.9 cm³/mol. The number of hydrogen-bond acceptors (Lipinski definition) is 2. The fourth-order valence-corrected chi connectivity index (χ4v) is 1.36. The number of hydrogen-bond donors (Lipinski definition) is 1. The molecule has 0 spiro atoms. The second kappa shape index (κ2) is 7.12. The molecule has 0 aliphatic rings. The molecule has 0 amide bonds. The Morgan fingerprint density at radius 2 is 1.86 bits per heavy atom. The van der Waals surface area contributed by atoms with Gasteiger partial charge in [-0.1, -0.05) is 20.8 Å². The Balaban J connectivity index is 3.89. The maximum absolute atomic E-state index is 13.3. The van der Waals surface area contributed by atoms with Gasteiger partial charge in [-0.3, -0.25) is 4.90 Å². The van der Waals surface area contributed by atoms with E-state index in [-0.39, 0.29) is 13.1 Å². The third-order valence-electron chi connectivity index (χ3n) is 2.08. The average Bonchev–Trinajstić information content (AvgIpc) is 2.14. The summed E-state index contributed by atoms with van der Waals surface area (Å²) < 4.78 is 26.5.